The van der Waals surface area contributed by atoms with Gasteiger partial charge in [0.05, 0.1) is 6.54 Å². The predicted octanol–water partition coefficient (Wildman–Crippen LogP) is 1.25. The molecule has 0 aliphatic carbocycles. The lowest BCUT2D eigenvalue weighted by molar-refractivity contribution is 0.172. The lowest BCUT2D eigenvalue weighted by Gasteiger charge is -2.31. The van der Waals surface area contributed by atoms with Crippen LogP contribution in [0.5, 0.6) is 0 Å². The Morgan fingerprint density at radius 3 is 2.73 bits per heavy atom. The van der Waals surface area contributed by atoms with Crippen molar-refractivity contribution in [3.63, 3.8) is 0 Å². The van der Waals surface area contributed by atoms with Gasteiger partial charge in [0.1, 0.15) is 5.76 Å². The van der Waals surface area contributed by atoms with Gasteiger partial charge in [-0.25, -0.2) is 8.42 Å². The molecule has 1 unspecified atom stereocenters. The molecule has 124 valence electrons. The topological polar surface area (TPSA) is 65.8 Å². The zero-order chi connectivity index (χ0) is 15.6. The highest BCUT2D eigenvalue weighted by atomic mass is 32.2. The Labute approximate surface area is 132 Å². The summed E-state index contributed by atoms with van der Waals surface area (Å²) in [7, 11) is -1.45. The zero-order valence-corrected chi connectivity index (χ0v) is 13.9. The fraction of sp³-hybridized carbons (Fsp3) is 0.733. The largest absolute Gasteiger partial charge is 0.447 e. The SMILES string of the molecule is CNC1CCCN(Cc2ccc(S(=O)(=O)N3CCCC3)o2)C1. The average molecular weight is 327 g/mol. The van der Waals surface area contributed by atoms with Crippen molar-refractivity contribution in [3.8, 4) is 0 Å². The van der Waals surface area contributed by atoms with Gasteiger partial charge in [-0.05, 0) is 51.4 Å². The van der Waals surface area contributed by atoms with Gasteiger partial charge in [-0.1, -0.05) is 0 Å². The molecule has 2 saturated heterocycles. The first-order valence-electron chi connectivity index (χ1n) is 8.08. The van der Waals surface area contributed by atoms with E-state index in [0.717, 1.165) is 38.1 Å². The van der Waals surface area contributed by atoms with E-state index in [4.69, 9.17) is 4.42 Å². The van der Waals surface area contributed by atoms with E-state index in [9.17, 15) is 8.42 Å². The van der Waals surface area contributed by atoms with Gasteiger partial charge in [-0.15, -0.1) is 0 Å². The van der Waals surface area contributed by atoms with Crippen LogP contribution in [0.2, 0.25) is 0 Å². The Morgan fingerprint density at radius 1 is 1.23 bits per heavy atom. The molecule has 0 aromatic carbocycles. The minimum Gasteiger partial charge on any atom is -0.447 e. The normalized spacial score (nSPS) is 24.9. The summed E-state index contributed by atoms with van der Waals surface area (Å²) in [5.74, 6) is 0.731. The molecule has 0 spiro atoms. The highest BCUT2D eigenvalue weighted by molar-refractivity contribution is 7.89. The second-order valence-corrected chi connectivity index (χ2v) is 8.06. The highest BCUT2D eigenvalue weighted by Gasteiger charge is 2.30. The van der Waals surface area contributed by atoms with Crippen molar-refractivity contribution in [2.75, 3.05) is 33.2 Å². The maximum Gasteiger partial charge on any atom is 0.276 e. The molecule has 1 aromatic rings. The van der Waals surface area contributed by atoms with Crippen molar-refractivity contribution in [3.05, 3.63) is 17.9 Å². The molecule has 7 heteroatoms. The summed E-state index contributed by atoms with van der Waals surface area (Å²) >= 11 is 0. The van der Waals surface area contributed by atoms with Gasteiger partial charge in [0, 0.05) is 25.7 Å². The molecule has 2 aliphatic rings. The summed E-state index contributed by atoms with van der Waals surface area (Å²) < 4.78 is 32.1. The van der Waals surface area contributed by atoms with E-state index >= 15 is 0 Å². The molecular formula is C15H25N3O3S. The molecule has 1 atom stereocenters. The van der Waals surface area contributed by atoms with Crippen LogP contribution in [0.1, 0.15) is 31.4 Å². The number of furan rings is 1. The van der Waals surface area contributed by atoms with Crippen molar-refractivity contribution in [1.29, 1.82) is 0 Å². The summed E-state index contributed by atoms with van der Waals surface area (Å²) in [5, 5.41) is 3.40. The van der Waals surface area contributed by atoms with Crippen LogP contribution in [0.25, 0.3) is 0 Å². The number of hydrogen-bond acceptors (Lipinski definition) is 5. The summed E-state index contributed by atoms with van der Waals surface area (Å²) in [5.41, 5.74) is 0. The summed E-state index contributed by atoms with van der Waals surface area (Å²) in [6.45, 7) is 3.90. The molecule has 0 saturated carbocycles. The predicted molar refractivity (Wildman–Crippen MR) is 84.1 cm³/mol. The van der Waals surface area contributed by atoms with Gasteiger partial charge >= 0.3 is 0 Å². The lowest BCUT2D eigenvalue weighted by atomic mass is 10.1. The first-order chi connectivity index (χ1) is 10.6. The van der Waals surface area contributed by atoms with Gasteiger partial charge in [0.25, 0.3) is 10.0 Å². The van der Waals surface area contributed by atoms with Crippen molar-refractivity contribution in [2.45, 2.75) is 43.4 Å². The molecule has 1 aromatic heterocycles. The lowest BCUT2D eigenvalue weighted by Crippen LogP contribution is -2.43. The van der Waals surface area contributed by atoms with E-state index in [1.54, 1.807) is 12.1 Å². The van der Waals surface area contributed by atoms with Gasteiger partial charge in [-0.2, -0.15) is 4.31 Å². The minimum absolute atomic E-state index is 0.0894. The molecule has 1 N–H and O–H groups in total. The minimum atomic E-state index is -3.44. The number of likely N-dealkylation sites (N-methyl/N-ethyl adjacent to an activating group) is 1. The summed E-state index contributed by atoms with van der Waals surface area (Å²) in [6.07, 6.45) is 4.23. The first kappa shape index (κ1) is 16.0. The van der Waals surface area contributed by atoms with Crippen LogP contribution in [0, 0.1) is 0 Å². The van der Waals surface area contributed by atoms with E-state index in [0.29, 0.717) is 25.7 Å². The smallest absolute Gasteiger partial charge is 0.276 e. The second kappa shape index (κ2) is 6.70. The molecule has 22 heavy (non-hydrogen) atoms. The molecule has 3 rings (SSSR count). The monoisotopic (exact) mass is 327 g/mol. The molecule has 0 amide bonds. The number of likely N-dealkylation sites (tertiary alicyclic amines) is 1. The molecule has 0 bridgehead atoms. The van der Waals surface area contributed by atoms with Crippen LogP contribution in [0.3, 0.4) is 0 Å². The number of nitrogens with one attached hydrogen (secondary N) is 1. The summed E-state index contributed by atoms with van der Waals surface area (Å²) in [4.78, 5) is 2.32. The van der Waals surface area contributed by atoms with Gasteiger partial charge in [0.15, 0.2) is 0 Å². The number of hydrogen-bond donors (Lipinski definition) is 1. The van der Waals surface area contributed by atoms with Crippen molar-refractivity contribution in [2.24, 2.45) is 0 Å². The van der Waals surface area contributed by atoms with Gasteiger partial charge in [-0.3, -0.25) is 4.90 Å². The van der Waals surface area contributed by atoms with E-state index in [-0.39, 0.29) is 5.09 Å². The molecule has 6 nitrogen and oxygen atoms in total. The zero-order valence-electron chi connectivity index (χ0n) is 13.1. The van der Waals surface area contributed by atoms with Crippen LogP contribution in [-0.2, 0) is 16.6 Å². The number of nitrogens with zero attached hydrogens (tertiary/aromatic N) is 2. The van der Waals surface area contributed by atoms with Gasteiger partial charge < -0.3 is 9.73 Å². The fourth-order valence-electron chi connectivity index (χ4n) is 3.29. The third-order valence-corrected chi connectivity index (χ3v) is 6.36. The third kappa shape index (κ3) is 3.37. The quantitative estimate of drug-likeness (QED) is 0.882. The van der Waals surface area contributed by atoms with Crippen molar-refractivity contribution >= 4 is 10.0 Å². The molecule has 0 radical (unpaired) electrons. The average Bonchev–Trinajstić information content (AvgIpc) is 3.19. The summed E-state index contributed by atoms with van der Waals surface area (Å²) in [6, 6.07) is 3.91. The van der Waals surface area contributed by atoms with Crippen LogP contribution < -0.4 is 5.32 Å². The van der Waals surface area contributed by atoms with E-state index in [1.165, 1.54) is 10.7 Å². The first-order valence-corrected chi connectivity index (χ1v) is 9.52. The van der Waals surface area contributed by atoms with Gasteiger partial charge in [0.2, 0.25) is 5.09 Å². The van der Waals surface area contributed by atoms with Crippen molar-refractivity contribution < 1.29 is 12.8 Å². The Kier molecular flexibility index (Phi) is 4.87. The second-order valence-electron chi connectivity index (χ2n) is 6.19. The Bertz CT molecular complexity index is 593. The van der Waals surface area contributed by atoms with E-state index < -0.39 is 10.0 Å². The Balaban J connectivity index is 1.66. The third-order valence-electron chi connectivity index (χ3n) is 4.59. The molecular weight excluding hydrogens is 302 g/mol. The standard InChI is InChI=1S/C15H25N3O3S/c1-16-13-5-4-8-17(11-13)12-14-6-7-15(21-14)22(19,20)18-9-2-3-10-18/h6-7,13,16H,2-5,8-12H2,1H3. The number of piperidine rings is 1. The van der Waals surface area contributed by atoms with Crippen LogP contribution in [0.4, 0.5) is 0 Å². The Morgan fingerprint density at radius 2 is 2.00 bits per heavy atom. The Hall–Kier alpha value is -0.890. The number of rotatable bonds is 5. The maximum atomic E-state index is 12.4. The van der Waals surface area contributed by atoms with Crippen LogP contribution in [-0.4, -0.2) is 56.9 Å². The van der Waals surface area contributed by atoms with E-state index in [1.807, 2.05) is 7.05 Å². The number of sulfonamides is 1. The molecule has 2 fully saturated rings. The highest BCUT2D eigenvalue weighted by Crippen LogP contribution is 2.23. The van der Waals surface area contributed by atoms with E-state index in [2.05, 4.69) is 10.2 Å². The van der Waals surface area contributed by atoms with Crippen LogP contribution in [0.15, 0.2) is 21.6 Å². The molecule has 2 aliphatic heterocycles. The van der Waals surface area contributed by atoms with Crippen LogP contribution >= 0.6 is 0 Å². The molecule has 3 heterocycles. The maximum absolute atomic E-state index is 12.4. The fourth-order valence-corrected chi connectivity index (χ4v) is 4.74. The van der Waals surface area contributed by atoms with Crippen molar-refractivity contribution in [1.82, 2.24) is 14.5 Å².